The highest BCUT2D eigenvalue weighted by atomic mass is 16.5. The standard InChI is InChI=1S/C24H23N3O3/c1-17-8-10-19(11-9-17)24(28)27(16-21-7-4-14-29-21)13-12-22-25-23(26-30-22)20-6-3-5-18(2)15-20/h3-11,14-15H,12-13,16H2,1-2H3. The van der Waals surface area contributed by atoms with Crippen LogP contribution in [0.2, 0.25) is 0 Å². The number of carbonyl (C=O) groups excluding carboxylic acids is 1. The summed E-state index contributed by atoms with van der Waals surface area (Å²) in [5, 5.41) is 4.09. The summed E-state index contributed by atoms with van der Waals surface area (Å²) in [5.41, 5.74) is 3.79. The molecule has 6 heteroatoms. The minimum atomic E-state index is -0.0650. The molecule has 2 heterocycles. The quantitative estimate of drug-likeness (QED) is 0.443. The molecule has 152 valence electrons. The van der Waals surface area contributed by atoms with Crippen molar-refractivity contribution < 1.29 is 13.7 Å². The monoisotopic (exact) mass is 401 g/mol. The zero-order chi connectivity index (χ0) is 20.9. The van der Waals surface area contributed by atoms with E-state index in [0.717, 1.165) is 22.5 Å². The van der Waals surface area contributed by atoms with E-state index in [1.54, 1.807) is 11.2 Å². The van der Waals surface area contributed by atoms with E-state index in [9.17, 15) is 4.79 Å². The summed E-state index contributed by atoms with van der Waals surface area (Å²) in [7, 11) is 0. The van der Waals surface area contributed by atoms with Gasteiger partial charge in [0.05, 0.1) is 12.8 Å². The van der Waals surface area contributed by atoms with Crippen LogP contribution in [0.15, 0.2) is 75.9 Å². The van der Waals surface area contributed by atoms with Crippen LogP contribution in [-0.2, 0) is 13.0 Å². The van der Waals surface area contributed by atoms with Crippen molar-refractivity contribution >= 4 is 5.91 Å². The molecular formula is C24H23N3O3. The molecule has 0 saturated heterocycles. The normalized spacial score (nSPS) is 10.9. The van der Waals surface area contributed by atoms with Gasteiger partial charge >= 0.3 is 0 Å². The molecule has 2 aromatic heterocycles. The lowest BCUT2D eigenvalue weighted by Gasteiger charge is -2.21. The number of hydrogen-bond donors (Lipinski definition) is 0. The van der Waals surface area contributed by atoms with Gasteiger partial charge in [0.25, 0.3) is 5.91 Å². The van der Waals surface area contributed by atoms with Crippen molar-refractivity contribution in [2.75, 3.05) is 6.54 Å². The Morgan fingerprint density at radius 3 is 2.57 bits per heavy atom. The van der Waals surface area contributed by atoms with Gasteiger partial charge in [-0.1, -0.05) is 46.6 Å². The summed E-state index contributed by atoms with van der Waals surface area (Å²) < 4.78 is 10.9. The van der Waals surface area contributed by atoms with Gasteiger partial charge < -0.3 is 13.8 Å². The van der Waals surface area contributed by atoms with E-state index in [0.29, 0.717) is 36.8 Å². The highest BCUT2D eigenvalue weighted by Crippen LogP contribution is 2.18. The molecule has 0 atom stereocenters. The maximum atomic E-state index is 13.1. The number of rotatable bonds is 7. The lowest BCUT2D eigenvalue weighted by Crippen LogP contribution is -2.32. The number of aryl methyl sites for hydroxylation is 2. The fourth-order valence-corrected chi connectivity index (χ4v) is 3.21. The molecule has 0 saturated carbocycles. The molecule has 0 unspecified atom stereocenters. The molecule has 0 spiro atoms. The number of amides is 1. The van der Waals surface area contributed by atoms with E-state index >= 15 is 0 Å². The van der Waals surface area contributed by atoms with Crippen molar-refractivity contribution in [1.29, 1.82) is 0 Å². The molecule has 2 aromatic carbocycles. The van der Waals surface area contributed by atoms with Crippen LogP contribution in [0.4, 0.5) is 0 Å². The van der Waals surface area contributed by atoms with Gasteiger partial charge in [0.2, 0.25) is 11.7 Å². The van der Waals surface area contributed by atoms with Gasteiger partial charge in [0.1, 0.15) is 5.76 Å². The molecule has 0 fully saturated rings. The van der Waals surface area contributed by atoms with E-state index < -0.39 is 0 Å². The average Bonchev–Trinajstić information content (AvgIpc) is 3.43. The van der Waals surface area contributed by atoms with Crippen LogP contribution in [0, 0.1) is 13.8 Å². The predicted octanol–water partition coefficient (Wildman–Crippen LogP) is 4.83. The van der Waals surface area contributed by atoms with Gasteiger partial charge in [-0.25, -0.2) is 0 Å². The van der Waals surface area contributed by atoms with Gasteiger partial charge in [-0.2, -0.15) is 4.98 Å². The predicted molar refractivity (Wildman–Crippen MR) is 113 cm³/mol. The molecule has 4 rings (SSSR count). The number of hydrogen-bond acceptors (Lipinski definition) is 5. The summed E-state index contributed by atoms with van der Waals surface area (Å²) in [4.78, 5) is 19.3. The minimum absolute atomic E-state index is 0.0650. The second-order valence-corrected chi connectivity index (χ2v) is 7.30. The van der Waals surface area contributed by atoms with Gasteiger partial charge in [0.15, 0.2) is 0 Å². The topological polar surface area (TPSA) is 72.4 Å². The Bertz CT molecular complexity index is 1110. The van der Waals surface area contributed by atoms with Crippen LogP contribution in [0.5, 0.6) is 0 Å². The smallest absolute Gasteiger partial charge is 0.254 e. The molecule has 0 aliphatic carbocycles. The second kappa shape index (κ2) is 8.78. The summed E-state index contributed by atoms with van der Waals surface area (Å²) >= 11 is 0. The highest BCUT2D eigenvalue weighted by molar-refractivity contribution is 5.94. The number of nitrogens with zero attached hydrogens (tertiary/aromatic N) is 3. The van der Waals surface area contributed by atoms with Gasteiger partial charge in [0, 0.05) is 24.1 Å². The molecule has 0 aliphatic heterocycles. The van der Waals surface area contributed by atoms with Crippen molar-refractivity contribution in [3.05, 3.63) is 95.3 Å². The minimum Gasteiger partial charge on any atom is -0.467 e. The molecule has 4 aromatic rings. The van der Waals surface area contributed by atoms with Crippen molar-refractivity contribution in [3.8, 4) is 11.4 Å². The zero-order valence-corrected chi connectivity index (χ0v) is 17.0. The van der Waals surface area contributed by atoms with E-state index in [-0.39, 0.29) is 5.91 Å². The molecule has 0 N–H and O–H groups in total. The fourth-order valence-electron chi connectivity index (χ4n) is 3.21. The fraction of sp³-hybridized carbons (Fsp3) is 0.208. The van der Waals surface area contributed by atoms with Crippen molar-refractivity contribution in [1.82, 2.24) is 15.0 Å². The van der Waals surface area contributed by atoms with Gasteiger partial charge in [-0.15, -0.1) is 0 Å². The number of aromatic nitrogens is 2. The van der Waals surface area contributed by atoms with Crippen LogP contribution in [0.1, 0.15) is 33.1 Å². The molecule has 1 amide bonds. The number of benzene rings is 2. The molecule has 0 bridgehead atoms. The first kappa shape index (κ1) is 19.6. The van der Waals surface area contributed by atoms with Gasteiger partial charge in [-0.3, -0.25) is 4.79 Å². The summed E-state index contributed by atoms with van der Waals surface area (Å²) in [6, 6.07) is 19.2. The third-order valence-corrected chi connectivity index (χ3v) is 4.85. The summed E-state index contributed by atoms with van der Waals surface area (Å²) in [6.45, 7) is 4.82. The van der Waals surface area contributed by atoms with E-state index in [4.69, 9.17) is 8.94 Å². The SMILES string of the molecule is Cc1ccc(C(=O)N(CCc2nc(-c3cccc(C)c3)no2)Cc2ccco2)cc1. The molecule has 0 radical (unpaired) electrons. The Labute approximate surface area is 175 Å². The number of furan rings is 1. The van der Waals surface area contributed by atoms with Crippen LogP contribution in [-0.4, -0.2) is 27.5 Å². The van der Waals surface area contributed by atoms with Crippen LogP contribution in [0.25, 0.3) is 11.4 Å². The molecular weight excluding hydrogens is 378 g/mol. The summed E-state index contributed by atoms with van der Waals surface area (Å²) in [6.07, 6.45) is 2.06. The van der Waals surface area contributed by atoms with Crippen LogP contribution < -0.4 is 0 Å². The average molecular weight is 401 g/mol. The lowest BCUT2D eigenvalue weighted by atomic mass is 10.1. The molecule has 6 nitrogen and oxygen atoms in total. The highest BCUT2D eigenvalue weighted by Gasteiger charge is 2.19. The Kier molecular flexibility index (Phi) is 5.75. The van der Waals surface area contributed by atoms with Crippen LogP contribution in [0.3, 0.4) is 0 Å². The molecule has 30 heavy (non-hydrogen) atoms. The Hall–Kier alpha value is -3.67. The zero-order valence-electron chi connectivity index (χ0n) is 17.0. The largest absolute Gasteiger partial charge is 0.467 e. The van der Waals surface area contributed by atoms with Crippen molar-refractivity contribution in [3.63, 3.8) is 0 Å². The Balaban J connectivity index is 1.49. The Morgan fingerprint density at radius 2 is 1.83 bits per heavy atom. The van der Waals surface area contributed by atoms with Crippen molar-refractivity contribution in [2.45, 2.75) is 26.8 Å². The first-order valence-corrected chi connectivity index (χ1v) is 9.86. The van der Waals surface area contributed by atoms with Gasteiger partial charge in [-0.05, 0) is 44.2 Å². The maximum absolute atomic E-state index is 13.1. The summed E-state index contributed by atoms with van der Waals surface area (Å²) in [5.74, 6) is 1.70. The maximum Gasteiger partial charge on any atom is 0.254 e. The second-order valence-electron chi connectivity index (χ2n) is 7.30. The molecule has 0 aliphatic rings. The first-order valence-electron chi connectivity index (χ1n) is 9.86. The van der Waals surface area contributed by atoms with E-state index in [1.807, 2.05) is 74.5 Å². The first-order chi connectivity index (χ1) is 14.6. The third-order valence-electron chi connectivity index (χ3n) is 4.85. The Morgan fingerprint density at radius 1 is 1.00 bits per heavy atom. The lowest BCUT2D eigenvalue weighted by molar-refractivity contribution is 0.0730. The number of carbonyl (C=O) groups is 1. The van der Waals surface area contributed by atoms with E-state index in [2.05, 4.69) is 10.1 Å². The third kappa shape index (κ3) is 4.66. The van der Waals surface area contributed by atoms with E-state index in [1.165, 1.54) is 0 Å². The van der Waals surface area contributed by atoms with Crippen molar-refractivity contribution in [2.24, 2.45) is 0 Å². The van der Waals surface area contributed by atoms with Crippen LogP contribution >= 0.6 is 0 Å².